The largest absolute Gasteiger partial charge is 0.316 e. The van der Waals surface area contributed by atoms with Crippen LogP contribution in [0.1, 0.15) is 40.4 Å². The second-order valence-corrected chi connectivity index (χ2v) is 6.66. The van der Waals surface area contributed by atoms with Crippen molar-refractivity contribution < 1.29 is 4.39 Å². The van der Waals surface area contributed by atoms with Crippen LogP contribution in [0.4, 0.5) is 4.39 Å². The third-order valence-electron chi connectivity index (χ3n) is 3.66. The van der Waals surface area contributed by atoms with Crippen LogP contribution < -0.4 is 5.32 Å². The second kappa shape index (κ2) is 7.66. The number of hydrogen-bond acceptors (Lipinski definition) is 3. The van der Waals surface area contributed by atoms with Crippen LogP contribution in [0.25, 0.3) is 0 Å². The highest BCUT2D eigenvalue weighted by Crippen LogP contribution is 2.26. The van der Waals surface area contributed by atoms with E-state index in [0.717, 1.165) is 42.2 Å². The quantitative estimate of drug-likeness (QED) is 0.775. The molecule has 0 aliphatic heterocycles. The lowest BCUT2D eigenvalue weighted by molar-refractivity contribution is 0.536. The second-order valence-electron chi connectivity index (χ2n) is 5.38. The number of benzene rings is 1. The molecule has 21 heavy (non-hydrogen) atoms. The minimum atomic E-state index is -0.120. The Kier molecular flexibility index (Phi) is 5.88. The monoisotopic (exact) mass is 306 g/mol. The number of thiazole rings is 1. The van der Waals surface area contributed by atoms with Gasteiger partial charge in [0.1, 0.15) is 5.82 Å². The van der Waals surface area contributed by atoms with Crippen molar-refractivity contribution in [2.75, 3.05) is 13.1 Å². The molecule has 1 aromatic heterocycles. The molecule has 0 fully saturated rings. The number of halogens is 1. The van der Waals surface area contributed by atoms with Gasteiger partial charge in [-0.15, -0.1) is 11.3 Å². The number of nitrogens with one attached hydrogen (secondary N) is 1. The highest BCUT2D eigenvalue weighted by Gasteiger charge is 2.18. The fourth-order valence-electron chi connectivity index (χ4n) is 2.39. The Morgan fingerprint density at radius 3 is 2.67 bits per heavy atom. The summed E-state index contributed by atoms with van der Waals surface area (Å²) in [5.41, 5.74) is 1.87. The minimum Gasteiger partial charge on any atom is -0.316 e. The van der Waals surface area contributed by atoms with E-state index in [2.05, 4.69) is 24.1 Å². The lowest BCUT2D eigenvalue weighted by atomic mass is 9.95. The topological polar surface area (TPSA) is 24.9 Å². The zero-order chi connectivity index (χ0) is 15.2. The van der Waals surface area contributed by atoms with Gasteiger partial charge in [-0.25, -0.2) is 9.37 Å². The first-order valence-corrected chi connectivity index (χ1v) is 8.31. The van der Waals surface area contributed by atoms with Crippen LogP contribution in [0.3, 0.4) is 0 Å². The molecule has 0 saturated heterocycles. The Bertz CT molecular complexity index is 560. The molecule has 0 aliphatic rings. The van der Waals surface area contributed by atoms with Crippen LogP contribution in [0.2, 0.25) is 0 Å². The average Bonchev–Trinajstić information content (AvgIpc) is 2.77. The van der Waals surface area contributed by atoms with Crippen LogP contribution in [0.15, 0.2) is 24.3 Å². The van der Waals surface area contributed by atoms with E-state index in [1.54, 1.807) is 23.5 Å². The molecular formula is C17H23FN2S. The zero-order valence-corrected chi connectivity index (χ0v) is 13.8. The van der Waals surface area contributed by atoms with Gasteiger partial charge in [0.05, 0.1) is 10.7 Å². The van der Waals surface area contributed by atoms with Crippen molar-refractivity contribution in [3.05, 3.63) is 51.2 Å². The first kappa shape index (κ1) is 16.1. The standard InChI is InChI=1S/C17H23FN2S/c1-4-9-19-11-14(15-7-5-6-8-16(15)18)10-17-20-12(2)13(3)21-17/h5-8,14,19H,4,9-11H2,1-3H3. The highest BCUT2D eigenvalue weighted by molar-refractivity contribution is 7.11. The number of aromatic nitrogens is 1. The maximum absolute atomic E-state index is 14.1. The maximum atomic E-state index is 14.1. The highest BCUT2D eigenvalue weighted by atomic mass is 32.1. The molecule has 0 radical (unpaired) electrons. The molecule has 0 bridgehead atoms. The van der Waals surface area contributed by atoms with E-state index < -0.39 is 0 Å². The molecule has 0 aliphatic carbocycles. The molecule has 4 heteroatoms. The van der Waals surface area contributed by atoms with E-state index in [0.29, 0.717) is 0 Å². The molecule has 1 heterocycles. The SMILES string of the molecule is CCCNCC(Cc1nc(C)c(C)s1)c1ccccc1F. The fraction of sp³-hybridized carbons (Fsp3) is 0.471. The molecule has 1 N–H and O–H groups in total. The number of hydrogen-bond donors (Lipinski definition) is 1. The molecule has 114 valence electrons. The molecule has 0 amide bonds. The van der Waals surface area contributed by atoms with Crippen LogP contribution >= 0.6 is 11.3 Å². The summed E-state index contributed by atoms with van der Waals surface area (Å²) in [5.74, 6) is 0.00787. The molecule has 1 aromatic carbocycles. The molecule has 2 nitrogen and oxygen atoms in total. The number of nitrogens with zero attached hydrogens (tertiary/aromatic N) is 1. The lowest BCUT2D eigenvalue weighted by Crippen LogP contribution is -2.24. The van der Waals surface area contributed by atoms with Gasteiger partial charge in [-0.05, 0) is 38.4 Å². The van der Waals surface area contributed by atoms with Crippen LogP contribution in [-0.2, 0) is 6.42 Å². The van der Waals surface area contributed by atoms with Crippen LogP contribution in [0, 0.1) is 19.7 Å². The summed E-state index contributed by atoms with van der Waals surface area (Å²) in [6, 6.07) is 7.08. The summed E-state index contributed by atoms with van der Waals surface area (Å²) in [6.07, 6.45) is 1.87. The van der Waals surface area contributed by atoms with Gasteiger partial charge in [-0.2, -0.15) is 0 Å². The van der Waals surface area contributed by atoms with Crippen molar-refractivity contribution >= 4 is 11.3 Å². The number of rotatable bonds is 7. The van der Waals surface area contributed by atoms with Gasteiger partial charge in [-0.1, -0.05) is 25.1 Å². The van der Waals surface area contributed by atoms with Gasteiger partial charge in [0.2, 0.25) is 0 Å². The zero-order valence-electron chi connectivity index (χ0n) is 12.9. The summed E-state index contributed by atoms with van der Waals surface area (Å²) in [6.45, 7) is 8.00. The predicted molar refractivity (Wildman–Crippen MR) is 87.6 cm³/mol. The van der Waals surface area contributed by atoms with E-state index in [1.807, 2.05) is 19.1 Å². The van der Waals surface area contributed by atoms with Crippen LogP contribution in [0.5, 0.6) is 0 Å². The van der Waals surface area contributed by atoms with E-state index >= 15 is 0 Å². The maximum Gasteiger partial charge on any atom is 0.126 e. The van der Waals surface area contributed by atoms with Crippen molar-refractivity contribution in [2.45, 2.75) is 39.5 Å². The molecule has 1 unspecified atom stereocenters. The van der Waals surface area contributed by atoms with Crippen LogP contribution in [-0.4, -0.2) is 18.1 Å². The van der Waals surface area contributed by atoms with Crippen molar-refractivity contribution in [2.24, 2.45) is 0 Å². The molecule has 1 atom stereocenters. The summed E-state index contributed by atoms with van der Waals surface area (Å²) in [5, 5.41) is 4.51. The van der Waals surface area contributed by atoms with Crippen molar-refractivity contribution in [3.8, 4) is 0 Å². The molecule has 0 spiro atoms. The smallest absolute Gasteiger partial charge is 0.126 e. The predicted octanol–water partition coefficient (Wildman–Crippen LogP) is 4.22. The van der Waals surface area contributed by atoms with Crippen molar-refractivity contribution in [1.82, 2.24) is 10.3 Å². The van der Waals surface area contributed by atoms with E-state index in [9.17, 15) is 4.39 Å². The van der Waals surface area contributed by atoms with E-state index in [4.69, 9.17) is 0 Å². The van der Waals surface area contributed by atoms with E-state index in [-0.39, 0.29) is 11.7 Å². The Labute approximate surface area is 130 Å². The first-order valence-electron chi connectivity index (χ1n) is 7.49. The summed E-state index contributed by atoms with van der Waals surface area (Å²) < 4.78 is 14.1. The third-order valence-corrected chi connectivity index (χ3v) is 4.75. The summed E-state index contributed by atoms with van der Waals surface area (Å²) >= 11 is 1.72. The third kappa shape index (κ3) is 4.35. The summed E-state index contributed by atoms with van der Waals surface area (Å²) in [4.78, 5) is 5.85. The minimum absolute atomic E-state index is 0.120. The van der Waals surface area contributed by atoms with Gasteiger partial charge < -0.3 is 5.32 Å². The molecule has 2 aromatic rings. The van der Waals surface area contributed by atoms with Gasteiger partial charge >= 0.3 is 0 Å². The molecular weight excluding hydrogens is 283 g/mol. The fourth-order valence-corrected chi connectivity index (χ4v) is 3.40. The van der Waals surface area contributed by atoms with Crippen molar-refractivity contribution in [1.29, 1.82) is 0 Å². The Balaban J connectivity index is 2.17. The molecule has 0 saturated carbocycles. The normalized spacial score (nSPS) is 12.6. The lowest BCUT2D eigenvalue weighted by Gasteiger charge is -2.17. The average molecular weight is 306 g/mol. The van der Waals surface area contributed by atoms with Crippen molar-refractivity contribution in [3.63, 3.8) is 0 Å². The first-order chi connectivity index (χ1) is 10.1. The Hall–Kier alpha value is -1.26. The molecule has 2 rings (SSSR count). The van der Waals surface area contributed by atoms with E-state index in [1.165, 1.54) is 4.88 Å². The van der Waals surface area contributed by atoms with Gasteiger partial charge in [0.25, 0.3) is 0 Å². The number of aryl methyl sites for hydroxylation is 2. The van der Waals surface area contributed by atoms with Gasteiger partial charge in [0, 0.05) is 23.8 Å². The Morgan fingerprint density at radius 1 is 1.29 bits per heavy atom. The summed E-state index contributed by atoms with van der Waals surface area (Å²) in [7, 11) is 0. The Morgan fingerprint density at radius 2 is 2.05 bits per heavy atom. The van der Waals surface area contributed by atoms with Gasteiger partial charge in [-0.3, -0.25) is 0 Å². The van der Waals surface area contributed by atoms with Gasteiger partial charge in [0.15, 0.2) is 0 Å².